The van der Waals surface area contributed by atoms with Crippen molar-refractivity contribution in [3.63, 3.8) is 0 Å². The molecule has 1 unspecified atom stereocenters. The summed E-state index contributed by atoms with van der Waals surface area (Å²) in [5.41, 5.74) is 0.741. The molecule has 7 heteroatoms. The Kier molecular flexibility index (Phi) is 5.97. The molecule has 7 nitrogen and oxygen atoms in total. The van der Waals surface area contributed by atoms with E-state index in [0.717, 1.165) is 55.1 Å². The van der Waals surface area contributed by atoms with Gasteiger partial charge in [0.05, 0.1) is 26.2 Å². The lowest BCUT2D eigenvalue weighted by Gasteiger charge is -2.28. The van der Waals surface area contributed by atoms with Crippen molar-refractivity contribution in [1.29, 1.82) is 0 Å². The van der Waals surface area contributed by atoms with Crippen LogP contribution in [-0.2, 0) is 14.3 Å². The zero-order chi connectivity index (χ0) is 20.2. The predicted molar refractivity (Wildman–Crippen MR) is 111 cm³/mol. The van der Waals surface area contributed by atoms with Crippen molar-refractivity contribution in [2.75, 3.05) is 58.4 Å². The van der Waals surface area contributed by atoms with Crippen LogP contribution in [0.3, 0.4) is 0 Å². The van der Waals surface area contributed by atoms with Crippen LogP contribution in [-0.4, -0.2) is 74.7 Å². The molecule has 0 spiro atoms. The first-order valence-corrected chi connectivity index (χ1v) is 10.1. The van der Waals surface area contributed by atoms with Crippen molar-refractivity contribution >= 4 is 28.3 Å². The molecule has 4 rings (SSSR count). The topological polar surface area (TPSA) is 71.1 Å². The number of fused-ring (bicyclic) bond motifs is 1. The van der Waals surface area contributed by atoms with E-state index >= 15 is 0 Å². The molecular weight excluding hydrogens is 370 g/mol. The molecule has 0 bridgehead atoms. The Labute approximate surface area is 170 Å². The number of likely N-dealkylation sites (tertiary alicyclic amines) is 1. The van der Waals surface area contributed by atoms with Crippen LogP contribution in [0.15, 0.2) is 36.4 Å². The molecule has 2 fully saturated rings. The Morgan fingerprint density at radius 3 is 2.83 bits per heavy atom. The summed E-state index contributed by atoms with van der Waals surface area (Å²) in [6.07, 6.45) is 0.267. The Bertz CT molecular complexity index is 895. The molecule has 2 saturated heterocycles. The third kappa shape index (κ3) is 4.52. The van der Waals surface area contributed by atoms with Gasteiger partial charge in [-0.1, -0.05) is 18.2 Å². The molecule has 2 aliphatic rings. The first-order chi connectivity index (χ1) is 14.1. The number of nitrogens with one attached hydrogen (secondary N) is 1. The summed E-state index contributed by atoms with van der Waals surface area (Å²) in [7, 11) is 1.62. The first kappa shape index (κ1) is 19.7. The highest BCUT2D eigenvalue weighted by Gasteiger charge is 2.34. The number of ether oxygens (including phenoxy) is 2. The van der Waals surface area contributed by atoms with Crippen molar-refractivity contribution in [3.8, 4) is 5.75 Å². The van der Waals surface area contributed by atoms with E-state index in [0.29, 0.717) is 13.1 Å². The number of benzene rings is 2. The number of amides is 2. The van der Waals surface area contributed by atoms with Gasteiger partial charge in [0.1, 0.15) is 5.75 Å². The molecular formula is C22H27N3O4. The van der Waals surface area contributed by atoms with Crippen molar-refractivity contribution in [2.24, 2.45) is 5.92 Å². The van der Waals surface area contributed by atoms with Crippen LogP contribution in [0, 0.1) is 5.92 Å². The Hall–Kier alpha value is -2.64. The van der Waals surface area contributed by atoms with Gasteiger partial charge in [-0.3, -0.25) is 14.5 Å². The van der Waals surface area contributed by atoms with Gasteiger partial charge in [0.15, 0.2) is 0 Å². The molecule has 0 radical (unpaired) electrons. The average molecular weight is 397 g/mol. The Morgan fingerprint density at radius 2 is 2.03 bits per heavy atom. The molecule has 1 atom stereocenters. The Balaban J connectivity index is 1.39. The van der Waals surface area contributed by atoms with Crippen LogP contribution in [0.25, 0.3) is 10.8 Å². The van der Waals surface area contributed by atoms with Crippen LogP contribution in [0.2, 0.25) is 0 Å². The summed E-state index contributed by atoms with van der Waals surface area (Å²) in [6, 6.07) is 11.6. The molecule has 2 aliphatic heterocycles. The maximum Gasteiger partial charge on any atom is 0.229 e. The quantitative estimate of drug-likeness (QED) is 0.807. The van der Waals surface area contributed by atoms with Crippen molar-refractivity contribution in [1.82, 2.24) is 9.80 Å². The third-order valence-corrected chi connectivity index (χ3v) is 5.72. The molecule has 2 aromatic rings. The lowest BCUT2D eigenvalue weighted by molar-refractivity contribution is -0.128. The van der Waals surface area contributed by atoms with Gasteiger partial charge in [0.25, 0.3) is 0 Å². The normalized spacial score (nSPS) is 20.2. The van der Waals surface area contributed by atoms with Crippen molar-refractivity contribution in [3.05, 3.63) is 36.4 Å². The summed E-state index contributed by atoms with van der Waals surface area (Å²) in [5.74, 6) is 0.359. The zero-order valence-corrected chi connectivity index (χ0v) is 16.7. The number of methoxy groups -OCH3 is 1. The summed E-state index contributed by atoms with van der Waals surface area (Å²) in [5, 5.41) is 4.98. The third-order valence-electron chi connectivity index (χ3n) is 5.72. The van der Waals surface area contributed by atoms with Gasteiger partial charge >= 0.3 is 0 Å². The number of nitrogens with zero attached hydrogens (tertiary/aromatic N) is 2. The van der Waals surface area contributed by atoms with Gasteiger partial charge in [0.2, 0.25) is 11.8 Å². The molecule has 0 saturated carbocycles. The van der Waals surface area contributed by atoms with Crippen LogP contribution in [0.1, 0.15) is 6.42 Å². The molecule has 154 valence electrons. The molecule has 1 N–H and O–H groups in total. The van der Waals surface area contributed by atoms with Gasteiger partial charge in [0, 0.05) is 50.2 Å². The number of anilines is 1. The molecule has 0 aromatic heterocycles. The van der Waals surface area contributed by atoms with Crippen LogP contribution in [0.4, 0.5) is 5.69 Å². The number of hydrogen-bond acceptors (Lipinski definition) is 5. The van der Waals surface area contributed by atoms with E-state index in [1.165, 1.54) is 0 Å². The summed E-state index contributed by atoms with van der Waals surface area (Å²) in [6.45, 7) is 5.25. The van der Waals surface area contributed by atoms with E-state index in [4.69, 9.17) is 9.47 Å². The van der Waals surface area contributed by atoms with Gasteiger partial charge in [-0.15, -0.1) is 0 Å². The minimum absolute atomic E-state index is 0.0537. The molecule has 2 heterocycles. The van der Waals surface area contributed by atoms with E-state index in [1.54, 1.807) is 7.11 Å². The summed E-state index contributed by atoms with van der Waals surface area (Å²) >= 11 is 0. The number of morpholine rings is 1. The number of rotatable bonds is 6. The van der Waals surface area contributed by atoms with Gasteiger partial charge in [-0.2, -0.15) is 0 Å². The molecule has 2 amide bonds. The maximum absolute atomic E-state index is 12.9. The minimum atomic E-state index is -0.326. The second-order valence-corrected chi connectivity index (χ2v) is 7.58. The molecule has 0 aliphatic carbocycles. The maximum atomic E-state index is 12.9. The van der Waals surface area contributed by atoms with Crippen molar-refractivity contribution < 1.29 is 19.1 Å². The first-order valence-electron chi connectivity index (χ1n) is 10.1. The van der Waals surface area contributed by atoms with Crippen LogP contribution < -0.4 is 10.1 Å². The summed E-state index contributed by atoms with van der Waals surface area (Å²) < 4.78 is 10.7. The highest BCUT2D eigenvalue weighted by Crippen LogP contribution is 2.28. The lowest BCUT2D eigenvalue weighted by Crippen LogP contribution is -2.42. The fourth-order valence-corrected chi connectivity index (χ4v) is 3.97. The van der Waals surface area contributed by atoms with E-state index in [1.807, 2.05) is 41.3 Å². The number of hydrogen-bond donors (Lipinski definition) is 1. The monoisotopic (exact) mass is 397 g/mol. The van der Waals surface area contributed by atoms with E-state index in [9.17, 15) is 9.59 Å². The number of carbonyl (C=O) groups is 2. The second kappa shape index (κ2) is 8.80. The zero-order valence-electron chi connectivity index (χ0n) is 16.7. The van der Waals surface area contributed by atoms with E-state index in [2.05, 4.69) is 10.2 Å². The number of carbonyl (C=O) groups excluding carboxylic acids is 2. The fourth-order valence-electron chi connectivity index (χ4n) is 3.97. The summed E-state index contributed by atoms with van der Waals surface area (Å²) in [4.78, 5) is 29.4. The van der Waals surface area contributed by atoms with Crippen molar-refractivity contribution in [2.45, 2.75) is 6.42 Å². The SMILES string of the molecule is COc1ccc2cccc(NC(=O)C3CC(=O)N(CCN4CCOCC4)C3)c2c1. The largest absolute Gasteiger partial charge is 0.497 e. The van der Waals surface area contributed by atoms with E-state index in [-0.39, 0.29) is 24.2 Å². The molecule has 29 heavy (non-hydrogen) atoms. The predicted octanol–water partition coefficient (Wildman–Crippen LogP) is 1.97. The smallest absolute Gasteiger partial charge is 0.229 e. The van der Waals surface area contributed by atoms with Crippen LogP contribution >= 0.6 is 0 Å². The van der Waals surface area contributed by atoms with Crippen LogP contribution in [0.5, 0.6) is 5.75 Å². The lowest BCUT2D eigenvalue weighted by atomic mass is 10.1. The highest BCUT2D eigenvalue weighted by atomic mass is 16.5. The second-order valence-electron chi connectivity index (χ2n) is 7.58. The minimum Gasteiger partial charge on any atom is -0.497 e. The molecule has 2 aromatic carbocycles. The highest BCUT2D eigenvalue weighted by molar-refractivity contribution is 6.04. The average Bonchev–Trinajstić information content (AvgIpc) is 3.13. The Morgan fingerprint density at radius 1 is 1.21 bits per heavy atom. The van der Waals surface area contributed by atoms with Gasteiger partial charge in [-0.05, 0) is 23.6 Å². The fraction of sp³-hybridized carbons (Fsp3) is 0.455. The van der Waals surface area contributed by atoms with E-state index < -0.39 is 0 Å². The van der Waals surface area contributed by atoms with Gasteiger partial charge < -0.3 is 19.7 Å². The standard InChI is InChI=1S/C22H27N3O4/c1-28-18-6-5-16-3-2-4-20(19(16)14-18)23-22(27)17-13-21(26)25(15-17)8-7-24-9-11-29-12-10-24/h2-6,14,17H,7-13,15H2,1H3,(H,23,27). The van der Waals surface area contributed by atoms with Gasteiger partial charge in [-0.25, -0.2) is 0 Å².